The maximum Gasteiger partial charge on any atom is 0.312 e. The maximum absolute atomic E-state index is 12.2. The third kappa shape index (κ3) is 2.52. The predicted octanol–water partition coefficient (Wildman–Crippen LogP) is 2.87. The van der Waals surface area contributed by atoms with E-state index in [0.29, 0.717) is 0 Å². The highest BCUT2D eigenvalue weighted by Crippen LogP contribution is 2.40. The fourth-order valence-electron chi connectivity index (χ4n) is 3.11. The van der Waals surface area contributed by atoms with Gasteiger partial charge < -0.3 is 14.2 Å². The summed E-state index contributed by atoms with van der Waals surface area (Å²) in [7, 11) is 1.63. The van der Waals surface area contributed by atoms with E-state index in [1.807, 2.05) is 31.2 Å². The average molecular weight is 276 g/mol. The molecule has 0 saturated carbocycles. The van der Waals surface area contributed by atoms with E-state index in [1.54, 1.807) is 7.11 Å². The fraction of sp³-hybridized carbons (Fsp3) is 0.562. The van der Waals surface area contributed by atoms with Gasteiger partial charge in [0, 0.05) is 0 Å². The van der Waals surface area contributed by atoms with Gasteiger partial charge in [-0.25, -0.2) is 0 Å². The second-order valence-corrected chi connectivity index (χ2v) is 5.57. The molecular formula is C16H20O4. The molecule has 3 rings (SSSR count). The highest BCUT2D eigenvalue weighted by molar-refractivity contribution is 5.74. The van der Waals surface area contributed by atoms with Crippen molar-refractivity contribution in [2.75, 3.05) is 7.11 Å². The zero-order valence-electron chi connectivity index (χ0n) is 11.9. The van der Waals surface area contributed by atoms with Gasteiger partial charge in [0.1, 0.15) is 11.9 Å². The van der Waals surface area contributed by atoms with E-state index in [4.69, 9.17) is 14.2 Å². The summed E-state index contributed by atoms with van der Waals surface area (Å²) in [4.78, 5) is 12.2. The number of benzene rings is 1. The Morgan fingerprint density at radius 3 is 2.90 bits per heavy atom. The van der Waals surface area contributed by atoms with Gasteiger partial charge in [-0.05, 0) is 43.9 Å². The number of methoxy groups -OCH3 is 1. The molecule has 0 aromatic heterocycles. The van der Waals surface area contributed by atoms with Gasteiger partial charge in [0.05, 0.1) is 25.2 Å². The van der Waals surface area contributed by atoms with Crippen molar-refractivity contribution in [1.82, 2.24) is 0 Å². The molecule has 0 N–H and O–H groups in total. The molecule has 2 aliphatic heterocycles. The number of hydrogen-bond donors (Lipinski definition) is 0. The molecule has 0 spiro atoms. The van der Waals surface area contributed by atoms with Gasteiger partial charge in [0.25, 0.3) is 0 Å². The lowest BCUT2D eigenvalue weighted by atomic mass is 9.89. The van der Waals surface area contributed by atoms with Gasteiger partial charge in [-0.15, -0.1) is 0 Å². The Morgan fingerprint density at radius 2 is 2.25 bits per heavy atom. The lowest BCUT2D eigenvalue weighted by molar-refractivity contribution is -0.155. The van der Waals surface area contributed by atoms with Crippen molar-refractivity contribution in [3.8, 4) is 5.75 Å². The number of rotatable bonds is 4. The molecule has 1 aromatic carbocycles. The zero-order valence-corrected chi connectivity index (χ0v) is 11.9. The Morgan fingerprint density at radius 1 is 1.40 bits per heavy atom. The number of fused-ring (bicyclic) bond motifs is 2. The van der Waals surface area contributed by atoms with Gasteiger partial charge in [-0.2, -0.15) is 0 Å². The summed E-state index contributed by atoms with van der Waals surface area (Å²) in [5, 5.41) is 0. The van der Waals surface area contributed by atoms with Gasteiger partial charge in [-0.1, -0.05) is 12.1 Å². The first-order chi connectivity index (χ1) is 9.67. The van der Waals surface area contributed by atoms with Crippen molar-refractivity contribution >= 4 is 5.97 Å². The summed E-state index contributed by atoms with van der Waals surface area (Å²) in [5.74, 6) is 0.558. The molecule has 1 aromatic rings. The van der Waals surface area contributed by atoms with Crippen LogP contribution in [0.3, 0.4) is 0 Å². The van der Waals surface area contributed by atoms with Crippen molar-refractivity contribution in [3.63, 3.8) is 0 Å². The van der Waals surface area contributed by atoms with Crippen LogP contribution in [0.2, 0.25) is 0 Å². The lowest BCUT2D eigenvalue weighted by Gasteiger charge is -2.20. The largest absolute Gasteiger partial charge is 0.497 e. The van der Waals surface area contributed by atoms with Crippen LogP contribution in [0.4, 0.5) is 0 Å². The molecule has 2 fully saturated rings. The van der Waals surface area contributed by atoms with Gasteiger partial charge in [0.15, 0.2) is 0 Å². The zero-order chi connectivity index (χ0) is 14.1. The van der Waals surface area contributed by atoms with Gasteiger partial charge in [-0.3, -0.25) is 4.79 Å². The molecule has 0 radical (unpaired) electrons. The quantitative estimate of drug-likeness (QED) is 0.793. The molecule has 4 heteroatoms. The molecule has 2 saturated heterocycles. The number of ether oxygens (including phenoxy) is 3. The monoisotopic (exact) mass is 276 g/mol. The summed E-state index contributed by atoms with van der Waals surface area (Å²) >= 11 is 0. The van der Waals surface area contributed by atoms with Crippen molar-refractivity contribution in [2.45, 2.75) is 44.5 Å². The molecule has 4 atom stereocenters. The third-order valence-corrected chi connectivity index (χ3v) is 4.26. The standard InChI is InChI=1S/C16H20O4/c1-10(11-4-3-5-12(8-11)18-2)19-16(17)14-9-13-6-7-15(14)20-13/h3-5,8,10,13-15H,6-7,9H2,1-2H3. The Hall–Kier alpha value is -1.55. The molecule has 2 heterocycles. The normalized spacial score (nSPS) is 29.2. The van der Waals surface area contributed by atoms with E-state index in [9.17, 15) is 4.79 Å². The Labute approximate surface area is 119 Å². The van der Waals surface area contributed by atoms with Gasteiger partial charge in [0.2, 0.25) is 0 Å². The molecule has 2 aliphatic rings. The average Bonchev–Trinajstić information content (AvgIpc) is 3.10. The van der Waals surface area contributed by atoms with E-state index in [0.717, 1.165) is 30.6 Å². The molecule has 4 unspecified atom stereocenters. The van der Waals surface area contributed by atoms with Crippen LogP contribution in [0, 0.1) is 5.92 Å². The van der Waals surface area contributed by atoms with Crippen molar-refractivity contribution < 1.29 is 19.0 Å². The SMILES string of the molecule is COc1cccc(C(C)OC(=O)C2CC3CCC2O3)c1. The molecule has 20 heavy (non-hydrogen) atoms. The topological polar surface area (TPSA) is 44.8 Å². The lowest BCUT2D eigenvalue weighted by Crippen LogP contribution is -2.27. The van der Waals surface area contributed by atoms with E-state index in [-0.39, 0.29) is 30.2 Å². The van der Waals surface area contributed by atoms with Crippen LogP contribution in [0.5, 0.6) is 5.75 Å². The fourth-order valence-corrected chi connectivity index (χ4v) is 3.11. The van der Waals surface area contributed by atoms with E-state index >= 15 is 0 Å². The first-order valence-electron chi connectivity index (χ1n) is 7.17. The first kappa shape index (κ1) is 13.4. The minimum absolute atomic E-state index is 0.0741. The van der Waals surface area contributed by atoms with Crippen LogP contribution in [-0.2, 0) is 14.3 Å². The minimum atomic E-state index is -0.267. The number of esters is 1. The Kier molecular flexibility index (Phi) is 3.66. The van der Waals surface area contributed by atoms with Crippen LogP contribution in [0.15, 0.2) is 24.3 Å². The molecule has 108 valence electrons. The second-order valence-electron chi connectivity index (χ2n) is 5.57. The summed E-state index contributed by atoms with van der Waals surface area (Å²) in [6.45, 7) is 1.89. The van der Waals surface area contributed by atoms with E-state index < -0.39 is 0 Å². The first-order valence-corrected chi connectivity index (χ1v) is 7.17. The second kappa shape index (κ2) is 5.44. The van der Waals surface area contributed by atoms with Gasteiger partial charge >= 0.3 is 5.97 Å². The summed E-state index contributed by atoms with van der Waals surface area (Å²) in [6.07, 6.45) is 2.96. The van der Waals surface area contributed by atoms with Crippen LogP contribution >= 0.6 is 0 Å². The Bertz CT molecular complexity index is 499. The molecule has 2 bridgehead atoms. The van der Waals surface area contributed by atoms with Crippen molar-refractivity contribution in [1.29, 1.82) is 0 Å². The summed E-state index contributed by atoms with van der Waals surface area (Å²) in [6, 6.07) is 7.62. The third-order valence-electron chi connectivity index (χ3n) is 4.26. The van der Waals surface area contributed by atoms with E-state index in [2.05, 4.69) is 0 Å². The van der Waals surface area contributed by atoms with E-state index in [1.165, 1.54) is 0 Å². The molecule has 0 aliphatic carbocycles. The number of hydrogen-bond acceptors (Lipinski definition) is 4. The van der Waals surface area contributed by atoms with Crippen molar-refractivity contribution in [3.05, 3.63) is 29.8 Å². The Balaban J connectivity index is 1.63. The summed E-state index contributed by atoms with van der Waals surface area (Å²) < 4.78 is 16.5. The van der Waals surface area contributed by atoms with Crippen LogP contribution in [0.1, 0.15) is 37.9 Å². The summed E-state index contributed by atoms with van der Waals surface area (Å²) in [5.41, 5.74) is 0.946. The minimum Gasteiger partial charge on any atom is -0.497 e. The van der Waals surface area contributed by atoms with Crippen LogP contribution in [-0.4, -0.2) is 25.3 Å². The molecule has 0 amide bonds. The smallest absolute Gasteiger partial charge is 0.312 e. The molecular weight excluding hydrogens is 256 g/mol. The number of carbonyl (C=O) groups is 1. The predicted molar refractivity (Wildman–Crippen MR) is 73.5 cm³/mol. The number of carbonyl (C=O) groups excluding carboxylic acids is 1. The highest BCUT2D eigenvalue weighted by atomic mass is 16.6. The maximum atomic E-state index is 12.2. The van der Waals surface area contributed by atoms with Crippen LogP contribution < -0.4 is 4.74 Å². The van der Waals surface area contributed by atoms with Crippen LogP contribution in [0.25, 0.3) is 0 Å². The highest BCUT2D eigenvalue weighted by Gasteiger charge is 2.45. The molecule has 4 nitrogen and oxygen atoms in total. The van der Waals surface area contributed by atoms with Crippen molar-refractivity contribution in [2.24, 2.45) is 5.92 Å².